The third-order valence-electron chi connectivity index (χ3n) is 26.6. The molecule has 3 heterocycles. The summed E-state index contributed by atoms with van der Waals surface area (Å²) in [7, 11) is 0. The molecular formula is C95H182O20. The molecule has 20 nitrogen and oxygen atoms in total. The topological polar surface area (TPSA) is 269 Å². The highest BCUT2D eigenvalue weighted by molar-refractivity contribution is 5.80. The second-order valence-electron chi connectivity index (χ2n) is 39.3. The molecule has 14 aliphatic rings. The van der Waals surface area contributed by atoms with Crippen molar-refractivity contribution in [3.8, 4) is 0 Å². The predicted octanol–water partition coefficient (Wildman–Crippen LogP) is 22.9. The van der Waals surface area contributed by atoms with Crippen LogP contribution >= 0.6 is 0 Å². The normalized spacial score (nSPS) is 30.7. The van der Waals surface area contributed by atoms with E-state index >= 15 is 0 Å². The van der Waals surface area contributed by atoms with E-state index in [0.29, 0.717) is 62.2 Å². The third-order valence-corrected chi connectivity index (χ3v) is 26.6. The van der Waals surface area contributed by atoms with Crippen LogP contribution in [-0.2, 0) is 85.7 Å². The van der Waals surface area contributed by atoms with E-state index in [-0.39, 0.29) is 188 Å². The van der Waals surface area contributed by atoms with Crippen molar-refractivity contribution in [1.29, 1.82) is 0 Å². The third kappa shape index (κ3) is 29.4. The zero-order chi connectivity index (χ0) is 78.7. The van der Waals surface area contributed by atoms with Crippen LogP contribution in [0, 0.1) is 80.3 Å². The average molecular weight is 1640 g/mol. The molecule has 20 heteroatoms. The van der Waals surface area contributed by atoms with Crippen molar-refractivity contribution in [1.82, 2.24) is 0 Å². The molecule has 14 fully saturated rings. The maximum Gasteiger partial charge on any atom is 0.344 e. The Morgan fingerprint density at radius 2 is 0.904 bits per heavy atom. The van der Waals surface area contributed by atoms with E-state index in [4.69, 9.17) is 47.4 Å². The second kappa shape index (κ2) is 44.9. The number of hydrogen-bond acceptors (Lipinski definition) is 20. The zero-order valence-corrected chi connectivity index (χ0v) is 69.3. The molecular weight excluding hydrogens is 1460 g/mol. The lowest BCUT2D eigenvalue weighted by molar-refractivity contribution is -0.305. The lowest BCUT2D eigenvalue weighted by Gasteiger charge is -2.62. The van der Waals surface area contributed by atoms with Crippen molar-refractivity contribution < 1.29 is 95.9 Å². The van der Waals surface area contributed by atoms with Gasteiger partial charge in [0.1, 0.15) is 41.2 Å². The van der Waals surface area contributed by atoms with Crippen molar-refractivity contribution in [3.63, 3.8) is 0 Å². The number of fused-ring (bicyclic) bond motifs is 1. The first kappa shape index (κ1) is 117. The number of ether oxygens (including phenoxy) is 10. The molecule has 3 saturated heterocycles. The summed E-state index contributed by atoms with van der Waals surface area (Å²) in [6, 6.07) is 0. The van der Waals surface area contributed by atoms with E-state index in [2.05, 4.69) is 27.7 Å². The Balaban J connectivity index is -0.000000660. The van der Waals surface area contributed by atoms with Crippen molar-refractivity contribution >= 4 is 47.8 Å². The van der Waals surface area contributed by atoms with Crippen molar-refractivity contribution in [3.05, 3.63) is 0 Å². The summed E-state index contributed by atoms with van der Waals surface area (Å²) in [6.45, 7) is 44.5. The number of esters is 8. The minimum Gasteiger partial charge on any atom is -0.463 e. The lowest BCUT2D eigenvalue weighted by Crippen LogP contribution is -2.67. The molecule has 11 aliphatic carbocycles. The molecule has 3 aliphatic heterocycles. The van der Waals surface area contributed by atoms with Gasteiger partial charge in [0, 0.05) is 31.6 Å². The standard InChI is InChI=1S/C19H34O6.C19H32O2.C18H26O6.C16H26O4.C13H24O2.10CH4/c1-9-18(5,6)16(21)22-12-14-10-13(23-19(7,8)24-14)11-15(20)25-17(2,3)4;1-6-18(4,5)17(20)21-19(12(2)3)15-8-13-7-14(10-15)11-16(19)9-13;1-4-18(2,3)17(21)22-9-14(19)24-15-11-5-10-6-12(8-11)16(20)23-13(15)7-10;1-4-13(2,3)12(17)20-16-7-11-5-14(18,9-16)8-15(19,6-11)10-16;1-5-12(3,4)11(14)15-13(6-2)9-7-8-10-13;;;;;;;;;;/h13-14H,9-12H2,1-8H3;12-16H,6-11H2,1-5H3;10-13,15H,4-9H2,1-3H3;11,18-19H,4-10H2,1-3H3;5-10H2,1-4H3;10*1H4. The van der Waals surface area contributed by atoms with Gasteiger partial charge in [-0.25, -0.2) is 4.79 Å². The van der Waals surface area contributed by atoms with Gasteiger partial charge >= 0.3 is 47.8 Å². The Kier molecular flexibility index (Phi) is 45.7. The first-order valence-corrected chi connectivity index (χ1v) is 40.9. The minimum absolute atomic E-state index is 0. The van der Waals surface area contributed by atoms with Crippen LogP contribution in [0.25, 0.3) is 0 Å². The van der Waals surface area contributed by atoms with E-state index < -0.39 is 62.5 Å². The highest BCUT2D eigenvalue weighted by Crippen LogP contribution is 2.63. The number of carbonyl (C=O) groups excluding carboxylic acids is 8. The van der Waals surface area contributed by atoms with Gasteiger partial charge in [0.15, 0.2) is 12.4 Å². The maximum atomic E-state index is 12.8. The van der Waals surface area contributed by atoms with Crippen LogP contribution in [0.5, 0.6) is 0 Å². The molecule has 682 valence electrons. The van der Waals surface area contributed by atoms with Gasteiger partial charge < -0.3 is 57.6 Å². The molecule has 12 bridgehead atoms. The fourth-order valence-electron chi connectivity index (χ4n) is 19.1. The van der Waals surface area contributed by atoms with Gasteiger partial charge in [-0.15, -0.1) is 0 Å². The molecule has 0 aromatic rings. The summed E-state index contributed by atoms with van der Waals surface area (Å²) in [5.41, 5.74) is -5.48. The molecule has 9 unspecified atom stereocenters. The summed E-state index contributed by atoms with van der Waals surface area (Å²) in [5.74, 6) is 1.68. The van der Waals surface area contributed by atoms with E-state index in [1.165, 1.54) is 44.9 Å². The first-order valence-electron chi connectivity index (χ1n) is 40.9. The molecule has 0 radical (unpaired) electrons. The average Bonchev–Trinajstić information content (AvgIpc) is 1.18. The van der Waals surface area contributed by atoms with Crippen LogP contribution in [0.2, 0.25) is 0 Å². The molecule has 11 saturated carbocycles. The van der Waals surface area contributed by atoms with E-state index in [0.717, 1.165) is 95.3 Å². The van der Waals surface area contributed by atoms with Crippen LogP contribution in [0.4, 0.5) is 0 Å². The van der Waals surface area contributed by atoms with Gasteiger partial charge in [-0.2, -0.15) is 0 Å². The summed E-state index contributed by atoms with van der Waals surface area (Å²) >= 11 is 0. The first-order chi connectivity index (χ1) is 48.4. The zero-order valence-electron chi connectivity index (χ0n) is 69.3. The molecule has 0 amide bonds. The van der Waals surface area contributed by atoms with E-state index in [9.17, 15) is 48.6 Å². The van der Waals surface area contributed by atoms with Crippen LogP contribution in [0.3, 0.4) is 0 Å². The predicted molar refractivity (Wildman–Crippen MR) is 465 cm³/mol. The van der Waals surface area contributed by atoms with Crippen molar-refractivity contribution in [2.75, 3.05) is 13.2 Å². The molecule has 0 aromatic carbocycles. The molecule has 115 heavy (non-hydrogen) atoms. The lowest BCUT2D eigenvalue weighted by atomic mass is 9.47. The van der Waals surface area contributed by atoms with Crippen molar-refractivity contribution in [2.45, 2.75) is 471 Å². The SMILES string of the molecule is C.C.C.C.C.C.C.C.C.C.CCC(C)(C)C(=O)OC1(C(C)C)C2CC3CC(C2)CC1C3.CCC(C)(C)C(=O)OC12CC3CC(O)(CC(O)(C3)C1)C2.CCC(C)(C)C(=O)OCC(=O)OC1C2CC3CC(C2)C(=O)OC1C3.CCC(C)(C)C(=O)OCC1CC(CC(=O)OC(C)(C)C)OC(C)(C)O1.CCC1(OC(=O)C(C)(C)CC)CCCC1. The molecule has 0 aromatic heterocycles. The van der Waals surface area contributed by atoms with Crippen LogP contribution in [0.1, 0.15) is 407 Å². The Hall–Kier alpha value is -4.40. The van der Waals surface area contributed by atoms with Crippen LogP contribution < -0.4 is 0 Å². The quantitative estimate of drug-likeness (QED) is 0.0753. The second-order valence-corrected chi connectivity index (χ2v) is 39.3. The van der Waals surface area contributed by atoms with Gasteiger partial charge in [0.2, 0.25) is 0 Å². The Morgan fingerprint density at radius 1 is 0.478 bits per heavy atom. The van der Waals surface area contributed by atoms with Gasteiger partial charge in [-0.05, 0) is 287 Å². The highest BCUT2D eigenvalue weighted by Gasteiger charge is 2.66. The molecule has 9 atom stereocenters. The largest absolute Gasteiger partial charge is 0.463 e. The van der Waals surface area contributed by atoms with Crippen LogP contribution in [0.15, 0.2) is 0 Å². The van der Waals surface area contributed by atoms with Gasteiger partial charge in [-0.3, -0.25) is 33.6 Å². The molecule has 0 spiro atoms. The smallest absolute Gasteiger partial charge is 0.344 e. The number of aliphatic hydroxyl groups is 2. The number of rotatable bonds is 22. The van der Waals surface area contributed by atoms with E-state index in [1.54, 1.807) is 27.7 Å². The highest BCUT2D eigenvalue weighted by atomic mass is 16.7. The molecule has 2 N–H and O–H groups in total. The Bertz CT molecular complexity index is 2970. The van der Waals surface area contributed by atoms with Crippen molar-refractivity contribution in [2.24, 2.45) is 80.3 Å². The summed E-state index contributed by atoms with van der Waals surface area (Å²) in [5, 5.41) is 21.3. The summed E-state index contributed by atoms with van der Waals surface area (Å²) in [6.07, 6.45) is 22.1. The number of carbonyl (C=O) groups is 8. The fourth-order valence-corrected chi connectivity index (χ4v) is 19.1. The Morgan fingerprint density at radius 3 is 1.34 bits per heavy atom. The monoisotopic (exact) mass is 1640 g/mol. The van der Waals surface area contributed by atoms with E-state index in [1.807, 2.05) is 104 Å². The maximum absolute atomic E-state index is 12.8. The number of hydrogen-bond donors (Lipinski definition) is 2. The minimum atomic E-state index is -0.845. The fraction of sp³-hybridized carbons (Fsp3) is 0.916. The van der Waals surface area contributed by atoms with Gasteiger partial charge in [0.05, 0.1) is 62.8 Å². The summed E-state index contributed by atoms with van der Waals surface area (Å²) in [4.78, 5) is 97.4. The van der Waals surface area contributed by atoms with Crippen LogP contribution in [-0.4, -0.2) is 135 Å². The summed E-state index contributed by atoms with van der Waals surface area (Å²) < 4.78 is 56.6. The molecule has 14 rings (SSSR count). The van der Waals surface area contributed by atoms with Gasteiger partial charge in [-0.1, -0.05) is 130 Å². The Labute approximate surface area is 704 Å². The van der Waals surface area contributed by atoms with Gasteiger partial charge in [0.25, 0.3) is 0 Å².